The molecule has 1 heterocycles. The number of nitrogens with zero attached hydrogens (tertiary/aromatic N) is 1. The first-order chi connectivity index (χ1) is 11.9. The summed E-state index contributed by atoms with van der Waals surface area (Å²) in [6, 6.07) is 12.1. The highest BCUT2D eigenvalue weighted by molar-refractivity contribution is 7.91. The number of carbonyl (C=O) groups is 1. The van der Waals surface area contributed by atoms with Gasteiger partial charge in [-0.05, 0) is 36.2 Å². The fourth-order valence-corrected chi connectivity index (χ4v) is 4.91. The minimum atomic E-state index is -3.15. The van der Waals surface area contributed by atoms with E-state index in [0.717, 1.165) is 5.56 Å². The van der Waals surface area contributed by atoms with E-state index in [1.807, 2.05) is 0 Å². The summed E-state index contributed by atoms with van der Waals surface area (Å²) in [5.74, 6) is -0.689. The first kappa shape index (κ1) is 17.9. The maximum atomic E-state index is 13.1. The monoisotopic (exact) mass is 381 g/mol. The van der Waals surface area contributed by atoms with Crippen molar-refractivity contribution in [1.29, 1.82) is 0 Å². The molecule has 7 heteroatoms. The van der Waals surface area contributed by atoms with Gasteiger partial charge in [0, 0.05) is 12.6 Å². The molecule has 0 bridgehead atoms. The molecule has 0 aliphatic carbocycles. The van der Waals surface area contributed by atoms with Crippen LogP contribution < -0.4 is 0 Å². The quantitative estimate of drug-likeness (QED) is 0.816. The molecule has 25 heavy (non-hydrogen) atoms. The van der Waals surface area contributed by atoms with Crippen LogP contribution in [-0.2, 0) is 16.4 Å². The molecular formula is C18H17ClFNO3S. The third-order valence-corrected chi connectivity index (χ3v) is 6.36. The van der Waals surface area contributed by atoms with Gasteiger partial charge in [0.1, 0.15) is 5.82 Å². The number of hydrogen-bond acceptors (Lipinski definition) is 3. The lowest BCUT2D eigenvalue weighted by molar-refractivity contribution is 0.0681. The minimum absolute atomic E-state index is 0.0629. The van der Waals surface area contributed by atoms with Gasteiger partial charge in [0.25, 0.3) is 5.91 Å². The standard InChI is InChI=1S/C18H17ClFNO3S/c19-17-4-2-1-3-16(17)18(22)21(15-9-10-25(23,24)12-15)11-13-5-7-14(20)8-6-13/h1-8,15H,9-12H2. The number of rotatable bonds is 4. The van der Waals surface area contributed by atoms with Crippen LogP contribution in [0.3, 0.4) is 0 Å². The van der Waals surface area contributed by atoms with Crippen LogP contribution in [0, 0.1) is 5.82 Å². The first-order valence-electron chi connectivity index (χ1n) is 7.86. The second-order valence-electron chi connectivity index (χ2n) is 6.10. The van der Waals surface area contributed by atoms with Gasteiger partial charge in [-0.15, -0.1) is 0 Å². The van der Waals surface area contributed by atoms with E-state index in [0.29, 0.717) is 17.0 Å². The molecule has 0 aromatic heterocycles. The second kappa shape index (κ2) is 7.14. The van der Waals surface area contributed by atoms with Crippen LogP contribution in [0.1, 0.15) is 22.3 Å². The van der Waals surface area contributed by atoms with E-state index in [2.05, 4.69) is 0 Å². The third-order valence-electron chi connectivity index (χ3n) is 4.28. The van der Waals surface area contributed by atoms with Crippen molar-refractivity contribution in [3.63, 3.8) is 0 Å². The Morgan fingerprint density at radius 1 is 1.16 bits per heavy atom. The van der Waals surface area contributed by atoms with E-state index >= 15 is 0 Å². The average molecular weight is 382 g/mol. The highest BCUT2D eigenvalue weighted by Crippen LogP contribution is 2.25. The van der Waals surface area contributed by atoms with Crippen molar-refractivity contribution in [3.8, 4) is 0 Å². The van der Waals surface area contributed by atoms with Crippen LogP contribution in [-0.4, -0.2) is 36.8 Å². The molecular weight excluding hydrogens is 365 g/mol. The lowest BCUT2D eigenvalue weighted by atomic mass is 10.1. The highest BCUT2D eigenvalue weighted by atomic mass is 35.5. The van der Waals surface area contributed by atoms with Crippen molar-refractivity contribution >= 4 is 27.3 Å². The molecule has 1 saturated heterocycles. The van der Waals surface area contributed by atoms with Crippen LogP contribution in [0.2, 0.25) is 5.02 Å². The maximum absolute atomic E-state index is 13.1. The molecule has 2 aromatic carbocycles. The van der Waals surface area contributed by atoms with Crippen LogP contribution >= 0.6 is 11.6 Å². The summed E-state index contributed by atoms with van der Waals surface area (Å²) in [4.78, 5) is 14.5. The fourth-order valence-electron chi connectivity index (χ4n) is 2.96. The predicted molar refractivity (Wildman–Crippen MR) is 94.8 cm³/mol. The Hall–Kier alpha value is -1.92. The number of benzene rings is 2. The normalized spacial score (nSPS) is 18.9. The van der Waals surface area contributed by atoms with Gasteiger partial charge in [0.05, 0.1) is 22.1 Å². The molecule has 4 nitrogen and oxygen atoms in total. The van der Waals surface area contributed by atoms with Gasteiger partial charge in [-0.25, -0.2) is 12.8 Å². The molecule has 1 amide bonds. The van der Waals surface area contributed by atoms with Crippen molar-refractivity contribution < 1.29 is 17.6 Å². The van der Waals surface area contributed by atoms with Crippen molar-refractivity contribution in [2.75, 3.05) is 11.5 Å². The van der Waals surface area contributed by atoms with Gasteiger partial charge in [0.15, 0.2) is 9.84 Å². The van der Waals surface area contributed by atoms with Crippen molar-refractivity contribution in [3.05, 3.63) is 70.5 Å². The number of halogens is 2. The molecule has 1 atom stereocenters. The zero-order valence-corrected chi connectivity index (χ0v) is 14.9. The lowest BCUT2D eigenvalue weighted by Gasteiger charge is -2.29. The van der Waals surface area contributed by atoms with Gasteiger partial charge in [-0.3, -0.25) is 4.79 Å². The van der Waals surface area contributed by atoms with Crippen LogP contribution in [0.4, 0.5) is 4.39 Å². The lowest BCUT2D eigenvalue weighted by Crippen LogP contribution is -2.40. The fraction of sp³-hybridized carbons (Fsp3) is 0.278. The minimum Gasteiger partial charge on any atom is -0.330 e. The third kappa shape index (κ3) is 4.19. The zero-order valence-electron chi connectivity index (χ0n) is 13.4. The van der Waals surface area contributed by atoms with E-state index < -0.39 is 15.9 Å². The highest BCUT2D eigenvalue weighted by Gasteiger charge is 2.35. The second-order valence-corrected chi connectivity index (χ2v) is 8.73. The maximum Gasteiger partial charge on any atom is 0.255 e. The molecule has 1 fully saturated rings. The van der Waals surface area contributed by atoms with Gasteiger partial charge < -0.3 is 4.90 Å². The zero-order chi connectivity index (χ0) is 18.0. The van der Waals surface area contributed by atoms with Gasteiger partial charge >= 0.3 is 0 Å². The van der Waals surface area contributed by atoms with Crippen LogP contribution in [0.5, 0.6) is 0 Å². The summed E-state index contributed by atoms with van der Waals surface area (Å²) in [5, 5.41) is 0.317. The predicted octanol–water partition coefficient (Wildman–Crippen LogP) is 3.31. The summed E-state index contributed by atoms with van der Waals surface area (Å²) < 4.78 is 36.8. The van der Waals surface area contributed by atoms with Crippen molar-refractivity contribution in [2.45, 2.75) is 19.0 Å². The molecule has 132 valence electrons. The Labute approximate surface area is 151 Å². The topological polar surface area (TPSA) is 54.5 Å². The summed E-state index contributed by atoms with van der Waals surface area (Å²) >= 11 is 6.13. The number of sulfone groups is 1. The number of carbonyl (C=O) groups excluding carboxylic acids is 1. The number of hydrogen-bond donors (Lipinski definition) is 0. The summed E-state index contributed by atoms with van der Waals surface area (Å²) in [6.07, 6.45) is 0.389. The largest absolute Gasteiger partial charge is 0.330 e. The molecule has 1 unspecified atom stereocenters. The van der Waals surface area contributed by atoms with E-state index in [4.69, 9.17) is 11.6 Å². The molecule has 0 spiro atoms. The van der Waals surface area contributed by atoms with Crippen LogP contribution in [0.15, 0.2) is 48.5 Å². The molecule has 1 aliphatic rings. The van der Waals surface area contributed by atoms with Gasteiger partial charge in [-0.1, -0.05) is 35.9 Å². The Morgan fingerprint density at radius 2 is 1.84 bits per heavy atom. The Kier molecular flexibility index (Phi) is 5.11. The van der Waals surface area contributed by atoms with E-state index in [9.17, 15) is 17.6 Å². The summed E-state index contributed by atoms with van der Waals surface area (Å²) in [6.45, 7) is 0.199. The molecule has 0 saturated carbocycles. The average Bonchev–Trinajstić information content (AvgIpc) is 2.94. The molecule has 1 aliphatic heterocycles. The van der Waals surface area contributed by atoms with E-state index in [1.165, 1.54) is 17.0 Å². The Bertz CT molecular complexity index is 883. The van der Waals surface area contributed by atoms with E-state index in [1.54, 1.807) is 36.4 Å². The van der Waals surface area contributed by atoms with Gasteiger partial charge in [0.2, 0.25) is 0 Å². The number of amides is 1. The summed E-state index contributed by atoms with van der Waals surface area (Å²) in [7, 11) is -3.15. The smallest absolute Gasteiger partial charge is 0.255 e. The SMILES string of the molecule is O=C(c1ccccc1Cl)N(Cc1ccc(F)cc1)C1CCS(=O)(=O)C1. The molecule has 0 N–H and O–H groups in total. The molecule has 2 aromatic rings. The molecule has 0 radical (unpaired) electrons. The Morgan fingerprint density at radius 3 is 2.44 bits per heavy atom. The van der Waals surface area contributed by atoms with Crippen LogP contribution in [0.25, 0.3) is 0 Å². The first-order valence-corrected chi connectivity index (χ1v) is 10.1. The van der Waals surface area contributed by atoms with E-state index in [-0.39, 0.29) is 29.8 Å². The molecule has 3 rings (SSSR count). The van der Waals surface area contributed by atoms with Gasteiger partial charge in [-0.2, -0.15) is 0 Å². The van der Waals surface area contributed by atoms with Crippen molar-refractivity contribution in [1.82, 2.24) is 4.90 Å². The Balaban J connectivity index is 1.92. The van der Waals surface area contributed by atoms with Crippen molar-refractivity contribution in [2.24, 2.45) is 0 Å². The summed E-state index contributed by atoms with van der Waals surface area (Å²) in [5.41, 5.74) is 1.06.